The molecule has 1 heterocycles. The molecule has 6 nitrogen and oxygen atoms in total. The van der Waals surface area contributed by atoms with Crippen LogP contribution in [0.15, 0.2) is 42.6 Å². The van der Waals surface area contributed by atoms with Gasteiger partial charge in [0.2, 0.25) is 11.8 Å². The minimum atomic E-state index is -0.684. The van der Waals surface area contributed by atoms with Crippen molar-refractivity contribution < 1.29 is 14.6 Å². The highest BCUT2D eigenvalue weighted by Crippen LogP contribution is 2.13. The molecule has 0 saturated heterocycles. The summed E-state index contributed by atoms with van der Waals surface area (Å²) in [5.41, 5.74) is 7.31. The largest absolute Gasteiger partial charge is 0.508 e. The summed E-state index contributed by atoms with van der Waals surface area (Å²) >= 11 is 0. The maximum Gasteiger partial charge on any atom is 0.241 e. The molecule has 0 aliphatic rings. The van der Waals surface area contributed by atoms with Gasteiger partial charge in [-0.05, 0) is 30.2 Å². The van der Waals surface area contributed by atoms with Crippen molar-refractivity contribution in [3.63, 3.8) is 0 Å². The van der Waals surface area contributed by atoms with Gasteiger partial charge in [-0.1, -0.05) is 12.1 Å². The lowest BCUT2D eigenvalue weighted by molar-refractivity contribution is -0.117. The third-order valence-corrected chi connectivity index (χ3v) is 2.94. The molecule has 0 aliphatic heterocycles. The number of aromatic nitrogens is 1. The van der Waals surface area contributed by atoms with Gasteiger partial charge < -0.3 is 20.9 Å². The molecule has 1 atom stereocenters. The van der Waals surface area contributed by atoms with E-state index in [0.717, 1.165) is 5.56 Å². The molecule has 4 N–H and O–H groups in total. The Morgan fingerprint density at radius 3 is 2.62 bits per heavy atom. The highest BCUT2D eigenvalue weighted by molar-refractivity contribution is 5.94. The Kier molecular flexibility index (Phi) is 4.73. The number of nitrogens with one attached hydrogen (secondary N) is 1. The van der Waals surface area contributed by atoms with Gasteiger partial charge in [0.15, 0.2) is 0 Å². The molecule has 0 unspecified atom stereocenters. The number of ether oxygens (including phenoxy) is 1. The van der Waals surface area contributed by atoms with Gasteiger partial charge in [-0.25, -0.2) is 4.98 Å². The maximum atomic E-state index is 12.0. The van der Waals surface area contributed by atoms with Crippen LogP contribution in [0.4, 0.5) is 5.69 Å². The van der Waals surface area contributed by atoms with Crippen LogP contribution in [0.1, 0.15) is 5.56 Å². The summed E-state index contributed by atoms with van der Waals surface area (Å²) < 4.78 is 4.94. The average molecular weight is 287 g/mol. The number of anilines is 1. The van der Waals surface area contributed by atoms with Gasteiger partial charge in [-0.3, -0.25) is 4.79 Å². The zero-order valence-corrected chi connectivity index (χ0v) is 11.6. The number of benzene rings is 1. The van der Waals surface area contributed by atoms with E-state index in [0.29, 0.717) is 18.0 Å². The molecule has 0 radical (unpaired) electrons. The fraction of sp³-hybridized carbons (Fsp3) is 0.200. The van der Waals surface area contributed by atoms with E-state index >= 15 is 0 Å². The molecule has 2 rings (SSSR count). The van der Waals surface area contributed by atoms with Crippen LogP contribution in [-0.2, 0) is 11.2 Å². The SMILES string of the molecule is COc1ccc(NC(=O)[C@@H](N)Cc2ccc(O)cc2)cn1. The number of aromatic hydroxyl groups is 1. The Labute approximate surface area is 122 Å². The number of phenolic OH excluding ortho intramolecular Hbond substituents is 1. The molecule has 110 valence electrons. The summed E-state index contributed by atoms with van der Waals surface area (Å²) in [4.78, 5) is 16.0. The molecule has 6 heteroatoms. The smallest absolute Gasteiger partial charge is 0.241 e. The predicted molar refractivity (Wildman–Crippen MR) is 79.2 cm³/mol. The summed E-state index contributed by atoms with van der Waals surface area (Å²) in [6.07, 6.45) is 1.89. The average Bonchev–Trinajstić information content (AvgIpc) is 2.50. The van der Waals surface area contributed by atoms with Crippen molar-refractivity contribution in [2.45, 2.75) is 12.5 Å². The highest BCUT2D eigenvalue weighted by atomic mass is 16.5. The van der Waals surface area contributed by atoms with E-state index in [2.05, 4.69) is 10.3 Å². The van der Waals surface area contributed by atoms with Crippen LogP contribution in [0.2, 0.25) is 0 Å². The number of nitrogens with two attached hydrogens (primary N) is 1. The molecule has 0 saturated carbocycles. The number of amides is 1. The van der Waals surface area contributed by atoms with Crippen molar-refractivity contribution in [1.29, 1.82) is 0 Å². The van der Waals surface area contributed by atoms with Crippen molar-refractivity contribution in [2.75, 3.05) is 12.4 Å². The Balaban J connectivity index is 1.93. The number of rotatable bonds is 5. The van der Waals surface area contributed by atoms with Crippen molar-refractivity contribution in [3.05, 3.63) is 48.2 Å². The summed E-state index contributed by atoms with van der Waals surface area (Å²) in [6, 6.07) is 9.25. The van der Waals surface area contributed by atoms with Gasteiger partial charge in [0.05, 0.1) is 25.0 Å². The predicted octanol–water partition coefficient (Wildman–Crippen LogP) is 1.30. The minimum Gasteiger partial charge on any atom is -0.508 e. The molecule has 21 heavy (non-hydrogen) atoms. The number of pyridine rings is 1. The third-order valence-electron chi connectivity index (χ3n) is 2.94. The topological polar surface area (TPSA) is 97.5 Å². The molecule has 0 spiro atoms. The second-order valence-electron chi connectivity index (χ2n) is 4.56. The maximum absolute atomic E-state index is 12.0. The number of phenols is 1. The number of nitrogens with zero attached hydrogens (tertiary/aromatic N) is 1. The van der Waals surface area contributed by atoms with E-state index in [4.69, 9.17) is 10.5 Å². The molecule has 1 aromatic heterocycles. The van der Waals surface area contributed by atoms with Crippen LogP contribution in [0.5, 0.6) is 11.6 Å². The summed E-state index contributed by atoms with van der Waals surface area (Å²) in [6.45, 7) is 0. The van der Waals surface area contributed by atoms with Crippen molar-refractivity contribution in [1.82, 2.24) is 4.98 Å². The first-order valence-electron chi connectivity index (χ1n) is 6.43. The third kappa shape index (κ3) is 4.19. The zero-order valence-electron chi connectivity index (χ0n) is 11.6. The van der Waals surface area contributed by atoms with E-state index in [1.165, 1.54) is 13.3 Å². The second-order valence-corrected chi connectivity index (χ2v) is 4.56. The number of hydrogen-bond donors (Lipinski definition) is 3. The minimum absolute atomic E-state index is 0.182. The van der Waals surface area contributed by atoms with Crippen LogP contribution in [-0.4, -0.2) is 29.1 Å². The van der Waals surface area contributed by atoms with E-state index in [9.17, 15) is 9.90 Å². The van der Waals surface area contributed by atoms with E-state index in [1.807, 2.05) is 0 Å². The molecule has 2 aromatic rings. The lowest BCUT2D eigenvalue weighted by Crippen LogP contribution is -2.37. The fourth-order valence-corrected chi connectivity index (χ4v) is 1.79. The summed E-state index contributed by atoms with van der Waals surface area (Å²) in [5, 5.41) is 11.9. The van der Waals surface area contributed by atoms with Crippen LogP contribution < -0.4 is 15.8 Å². The first-order chi connectivity index (χ1) is 10.1. The quantitative estimate of drug-likeness (QED) is 0.770. The van der Waals surface area contributed by atoms with Crippen LogP contribution in [0.3, 0.4) is 0 Å². The molecular formula is C15H17N3O3. The number of carbonyl (C=O) groups excluding carboxylic acids is 1. The Bertz CT molecular complexity index is 597. The molecular weight excluding hydrogens is 270 g/mol. The lowest BCUT2D eigenvalue weighted by Gasteiger charge is -2.12. The molecule has 1 amide bonds. The second kappa shape index (κ2) is 6.71. The fourth-order valence-electron chi connectivity index (χ4n) is 1.79. The van der Waals surface area contributed by atoms with E-state index < -0.39 is 6.04 Å². The van der Waals surface area contributed by atoms with E-state index in [-0.39, 0.29) is 11.7 Å². The summed E-state index contributed by atoms with van der Waals surface area (Å²) in [5.74, 6) is 0.359. The van der Waals surface area contributed by atoms with Gasteiger partial charge in [-0.15, -0.1) is 0 Å². The van der Waals surface area contributed by atoms with Gasteiger partial charge >= 0.3 is 0 Å². The van der Waals surface area contributed by atoms with Crippen molar-refractivity contribution in [2.24, 2.45) is 5.73 Å². The van der Waals surface area contributed by atoms with Gasteiger partial charge in [0.25, 0.3) is 0 Å². The Morgan fingerprint density at radius 2 is 2.05 bits per heavy atom. The van der Waals surface area contributed by atoms with Crippen molar-refractivity contribution in [3.8, 4) is 11.6 Å². The number of methoxy groups -OCH3 is 1. The van der Waals surface area contributed by atoms with Gasteiger partial charge in [0.1, 0.15) is 5.75 Å². The lowest BCUT2D eigenvalue weighted by atomic mass is 10.1. The normalized spacial score (nSPS) is 11.7. The molecule has 0 bridgehead atoms. The number of hydrogen-bond acceptors (Lipinski definition) is 5. The molecule has 0 aliphatic carbocycles. The first kappa shape index (κ1) is 14.8. The van der Waals surface area contributed by atoms with Gasteiger partial charge in [0, 0.05) is 6.07 Å². The van der Waals surface area contributed by atoms with Crippen molar-refractivity contribution >= 4 is 11.6 Å². The first-order valence-corrected chi connectivity index (χ1v) is 6.43. The molecule has 0 fully saturated rings. The zero-order chi connectivity index (χ0) is 15.2. The van der Waals surface area contributed by atoms with Crippen LogP contribution in [0.25, 0.3) is 0 Å². The standard InChI is InChI=1S/C15H17N3O3/c1-21-14-7-4-11(9-17-14)18-15(20)13(16)8-10-2-5-12(19)6-3-10/h2-7,9,13,19H,8,16H2,1H3,(H,18,20)/t13-/m0/s1. The van der Waals surface area contributed by atoms with E-state index in [1.54, 1.807) is 36.4 Å². The Hall–Kier alpha value is -2.60. The van der Waals surface area contributed by atoms with Crippen LogP contribution >= 0.6 is 0 Å². The van der Waals surface area contributed by atoms with Gasteiger partial charge in [-0.2, -0.15) is 0 Å². The van der Waals surface area contributed by atoms with Crippen LogP contribution in [0, 0.1) is 0 Å². The highest BCUT2D eigenvalue weighted by Gasteiger charge is 2.14. The number of carbonyl (C=O) groups is 1. The molecule has 1 aromatic carbocycles. The Morgan fingerprint density at radius 1 is 1.33 bits per heavy atom. The summed E-state index contributed by atoms with van der Waals surface area (Å²) in [7, 11) is 1.52. The monoisotopic (exact) mass is 287 g/mol.